The smallest absolute Gasteiger partial charge is 0.324 e. The van der Waals surface area contributed by atoms with E-state index in [9.17, 15) is 31.1 Å². The van der Waals surface area contributed by atoms with Crippen molar-refractivity contribution in [3.63, 3.8) is 0 Å². The van der Waals surface area contributed by atoms with Crippen LogP contribution in [-0.4, -0.2) is 31.8 Å². The van der Waals surface area contributed by atoms with Gasteiger partial charge in [-0.2, -0.15) is 8.78 Å². The van der Waals surface area contributed by atoms with Crippen molar-refractivity contribution >= 4 is 11.6 Å². The van der Waals surface area contributed by atoms with Crippen molar-refractivity contribution in [2.45, 2.75) is 12.3 Å². The van der Waals surface area contributed by atoms with E-state index in [0.29, 0.717) is 12.1 Å². The van der Waals surface area contributed by atoms with Crippen molar-refractivity contribution in [1.29, 1.82) is 0 Å². The van der Waals surface area contributed by atoms with Crippen LogP contribution in [0.1, 0.15) is 10.4 Å². The zero-order chi connectivity index (χ0) is 15.5. The van der Waals surface area contributed by atoms with Crippen LogP contribution in [0.15, 0.2) is 12.1 Å². The maximum atomic E-state index is 13.3. The fourth-order valence-corrected chi connectivity index (χ4v) is 1.32. The molecule has 20 heavy (non-hydrogen) atoms. The number of amides is 1. The van der Waals surface area contributed by atoms with E-state index >= 15 is 0 Å². The van der Waals surface area contributed by atoms with Crippen LogP contribution in [0.5, 0.6) is 0 Å². The first-order valence-electron chi connectivity index (χ1n) is 5.30. The van der Waals surface area contributed by atoms with Gasteiger partial charge in [0.1, 0.15) is 17.3 Å². The molecule has 1 amide bonds. The predicted molar refractivity (Wildman–Crippen MR) is 59.2 cm³/mol. The lowest BCUT2D eigenvalue weighted by atomic mass is 10.1. The summed E-state index contributed by atoms with van der Waals surface area (Å²) in [7, 11) is 1.24. The minimum absolute atomic E-state index is 0.500. The van der Waals surface area contributed by atoms with E-state index in [1.54, 1.807) is 0 Å². The molecule has 0 saturated heterocycles. The molecule has 2 N–H and O–H groups in total. The summed E-state index contributed by atoms with van der Waals surface area (Å²) in [5.41, 5.74) is -1.09. The highest BCUT2D eigenvalue weighted by molar-refractivity contribution is 5.94. The van der Waals surface area contributed by atoms with Gasteiger partial charge >= 0.3 is 12.3 Å². The highest BCUT2D eigenvalue weighted by Crippen LogP contribution is 2.22. The van der Waals surface area contributed by atoms with Crippen molar-refractivity contribution in [3.8, 4) is 0 Å². The molecule has 1 aromatic carbocycles. The summed E-state index contributed by atoms with van der Waals surface area (Å²) in [6.45, 7) is -1.64. The molecule has 0 bridgehead atoms. The average molecular weight is 300 g/mol. The molecule has 0 saturated carbocycles. The molecule has 1 aromatic rings. The number of nitrogens with one attached hydrogen (secondary N) is 2. The van der Waals surface area contributed by atoms with E-state index in [1.807, 2.05) is 0 Å². The number of alkyl halides is 4. The van der Waals surface area contributed by atoms with E-state index in [1.165, 1.54) is 12.4 Å². The summed E-state index contributed by atoms with van der Waals surface area (Å²) < 4.78 is 75.5. The maximum absolute atomic E-state index is 13.3. The van der Waals surface area contributed by atoms with Gasteiger partial charge in [0.05, 0.1) is 6.54 Å². The van der Waals surface area contributed by atoms with Crippen LogP contribution in [0.2, 0.25) is 0 Å². The lowest BCUT2D eigenvalue weighted by molar-refractivity contribution is -0.123. The zero-order valence-corrected chi connectivity index (χ0v) is 10.1. The Morgan fingerprint density at radius 2 is 1.75 bits per heavy atom. The first kappa shape index (κ1) is 16.1. The highest BCUT2D eigenvalue weighted by atomic mass is 19.3. The van der Waals surface area contributed by atoms with Gasteiger partial charge in [-0.05, 0) is 12.1 Å². The number of anilines is 1. The molecule has 112 valence electrons. The van der Waals surface area contributed by atoms with Crippen LogP contribution >= 0.6 is 0 Å². The number of halogens is 6. The van der Waals surface area contributed by atoms with Crippen molar-refractivity contribution in [1.82, 2.24) is 5.32 Å². The number of rotatable bonds is 5. The molecular formula is C11H10F6N2O. The molecule has 0 heterocycles. The van der Waals surface area contributed by atoms with Gasteiger partial charge in [0.15, 0.2) is 0 Å². The van der Waals surface area contributed by atoms with Gasteiger partial charge in [-0.15, -0.1) is 0 Å². The van der Waals surface area contributed by atoms with Crippen LogP contribution in [0, 0.1) is 11.6 Å². The van der Waals surface area contributed by atoms with Crippen LogP contribution in [0.4, 0.5) is 32.0 Å². The average Bonchev–Trinajstić information content (AvgIpc) is 2.35. The van der Waals surface area contributed by atoms with E-state index in [0.717, 1.165) is 0 Å². The molecule has 9 heteroatoms. The van der Waals surface area contributed by atoms with Crippen LogP contribution in [0.3, 0.4) is 0 Å². The van der Waals surface area contributed by atoms with E-state index in [2.05, 4.69) is 5.32 Å². The van der Waals surface area contributed by atoms with Crippen molar-refractivity contribution in [3.05, 3.63) is 29.3 Å². The summed E-state index contributed by atoms with van der Waals surface area (Å²) in [5.74, 6) is -7.93. The maximum Gasteiger partial charge on any atom is 0.324 e. The van der Waals surface area contributed by atoms with Crippen molar-refractivity contribution < 1.29 is 31.1 Å². The molecule has 0 aromatic heterocycles. The number of carbonyl (C=O) groups is 1. The Morgan fingerprint density at radius 3 is 2.15 bits per heavy atom. The van der Waals surface area contributed by atoms with E-state index in [4.69, 9.17) is 0 Å². The summed E-state index contributed by atoms with van der Waals surface area (Å²) in [6, 6.07) is 1.20. The SMILES string of the molecule is CNc1c(F)cc(C(=O)NCC(F)(F)C(F)F)cc1F. The number of hydrogen-bond acceptors (Lipinski definition) is 2. The molecule has 0 unspecified atom stereocenters. The molecular weight excluding hydrogens is 290 g/mol. The first-order valence-corrected chi connectivity index (χ1v) is 5.30. The quantitative estimate of drug-likeness (QED) is 0.821. The lowest BCUT2D eigenvalue weighted by Gasteiger charge is -2.16. The minimum atomic E-state index is -4.42. The largest absolute Gasteiger partial charge is 0.383 e. The highest BCUT2D eigenvalue weighted by Gasteiger charge is 2.40. The standard InChI is InChI=1S/C11H10F6N2O/c1-18-8-6(12)2-5(3-7(8)13)9(20)19-4-11(16,17)10(14)15/h2-3,10,18H,4H2,1H3,(H,19,20). The summed E-state index contributed by atoms with van der Waals surface area (Å²) in [6.07, 6.45) is -3.96. The van der Waals surface area contributed by atoms with Gasteiger partial charge < -0.3 is 10.6 Å². The molecule has 0 spiro atoms. The summed E-state index contributed by atoms with van der Waals surface area (Å²) in [4.78, 5) is 11.4. The van der Waals surface area contributed by atoms with Gasteiger partial charge in [-0.1, -0.05) is 0 Å². The van der Waals surface area contributed by atoms with Crippen LogP contribution in [-0.2, 0) is 0 Å². The van der Waals surface area contributed by atoms with E-state index < -0.39 is 47.7 Å². The molecule has 0 aliphatic carbocycles. The second kappa shape index (κ2) is 6.02. The van der Waals surface area contributed by atoms with Gasteiger partial charge in [-0.3, -0.25) is 4.79 Å². The monoisotopic (exact) mass is 300 g/mol. The molecule has 0 aliphatic heterocycles. The van der Waals surface area contributed by atoms with Crippen molar-refractivity contribution in [2.24, 2.45) is 0 Å². The Kier molecular flexibility index (Phi) is 4.85. The molecule has 0 atom stereocenters. The minimum Gasteiger partial charge on any atom is -0.383 e. The fraction of sp³-hybridized carbons (Fsp3) is 0.364. The second-order valence-corrected chi connectivity index (χ2v) is 3.81. The molecule has 0 radical (unpaired) electrons. The third-order valence-electron chi connectivity index (χ3n) is 2.36. The Hall–Kier alpha value is -1.93. The zero-order valence-electron chi connectivity index (χ0n) is 10.1. The fourth-order valence-electron chi connectivity index (χ4n) is 1.32. The summed E-state index contributed by atoms with van der Waals surface area (Å²) in [5, 5.41) is 3.69. The van der Waals surface area contributed by atoms with Gasteiger partial charge in [0.25, 0.3) is 5.91 Å². The third kappa shape index (κ3) is 3.55. The predicted octanol–water partition coefficient (Wildman–Crippen LogP) is 2.64. The molecule has 3 nitrogen and oxygen atoms in total. The topological polar surface area (TPSA) is 41.1 Å². The number of benzene rings is 1. The van der Waals surface area contributed by atoms with Crippen molar-refractivity contribution in [2.75, 3.05) is 18.9 Å². The van der Waals surface area contributed by atoms with Crippen LogP contribution < -0.4 is 10.6 Å². The molecule has 0 aliphatic rings. The Morgan fingerprint density at radius 1 is 1.25 bits per heavy atom. The van der Waals surface area contributed by atoms with Crippen LogP contribution in [0.25, 0.3) is 0 Å². The summed E-state index contributed by atoms with van der Waals surface area (Å²) >= 11 is 0. The normalized spacial score (nSPS) is 11.6. The van der Waals surface area contributed by atoms with E-state index in [-0.39, 0.29) is 0 Å². The lowest BCUT2D eigenvalue weighted by Crippen LogP contribution is -2.41. The molecule has 0 fully saturated rings. The van der Waals surface area contributed by atoms with Gasteiger partial charge in [0, 0.05) is 12.6 Å². The Balaban J connectivity index is 2.84. The second-order valence-electron chi connectivity index (χ2n) is 3.81. The van der Waals surface area contributed by atoms with Gasteiger partial charge in [0.2, 0.25) is 0 Å². The Labute approximate surface area is 110 Å². The molecule has 1 rings (SSSR count). The van der Waals surface area contributed by atoms with Gasteiger partial charge in [-0.25, -0.2) is 17.6 Å². The first-order chi connectivity index (χ1) is 9.19. The Bertz CT molecular complexity index is 483. The number of carbonyl (C=O) groups excluding carboxylic acids is 1. The number of hydrogen-bond donors (Lipinski definition) is 2. The third-order valence-corrected chi connectivity index (χ3v) is 2.36.